The number of benzene rings is 1. The molecule has 1 saturated heterocycles. The van der Waals surface area contributed by atoms with Crippen molar-refractivity contribution in [1.82, 2.24) is 15.0 Å². The van der Waals surface area contributed by atoms with Gasteiger partial charge in [-0.05, 0) is 38.8 Å². The molecule has 2 aromatic rings. The van der Waals surface area contributed by atoms with Crippen molar-refractivity contribution in [2.75, 3.05) is 26.2 Å². The highest BCUT2D eigenvalue weighted by Crippen LogP contribution is 2.30. The Morgan fingerprint density at radius 2 is 1.86 bits per heavy atom. The van der Waals surface area contributed by atoms with Crippen LogP contribution in [0.1, 0.15) is 53.1 Å². The summed E-state index contributed by atoms with van der Waals surface area (Å²) in [4.78, 5) is 18.9. The van der Waals surface area contributed by atoms with Gasteiger partial charge in [0.2, 0.25) is 0 Å². The summed E-state index contributed by atoms with van der Waals surface area (Å²) in [5.74, 6) is 1.78. The number of carbonyl (C=O) groups is 1. The number of thioether (sulfide) groups is 1. The third kappa shape index (κ3) is 4.13. The lowest BCUT2D eigenvalue weighted by Gasteiger charge is -2.38. The second-order valence-corrected chi connectivity index (χ2v) is 8.87. The molecule has 0 bridgehead atoms. The number of aromatic nitrogens is 1. The average Bonchev–Trinajstić information content (AvgIpc) is 3.37. The average molecular weight is 400 g/mol. The number of rotatable bonds is 5. The third-order valence-corrected chi connectivity index (χ3v) is 7.21. The first-order valence-electron chi connectivity index (χ1n) is 10.3. The molecule has 1 aliphatic heterocycles. The monoisotopic (exact) mass is 399 g/mol. The second kappa shape index (κ2) is 8.70. The maximum Gasteiger partial charge on any atom is 0.255 e. The number of hydrogen-bond donors (Lipinski definition) is 0. The lowest BCUT2D eigenvalue weighted by atomic mass is 10.1. The van der Waals surface area contributed by atoms with Crippen molar-refractivity contribution in [2.45, 2.75) is 56.2 Å². The van der Waals surface area contributed by atoms with Gasteiger partial charge in [-0.3, -0.25) is 9.69 Å². The summed E-state index contributed by atoms with van der Waals surface area (Å²) in [7, 11) is 0. The standard InChI is InChI=1S/C22H29N3O2S/c1-16-20(17(2)27-23-16)15-28-21-10-6-5-9-19(21)22(26)25-13-11-24(12-14-25)18-7-3-4-8-18/h5-6,9-10,18H,3-4,7-8,11-15H2,1-2H3. The molecule has 1 aliphatic carbocycles. The highest BCUT2D eigenvalue weighted by molar-refractivity contribution is 7.98. The minimum Gasteiger partial charge on any atom is -0.361 e. The molecule has 0 unspecified atom stereocenters. The maximum absolute atomic E-state index is 13.2. The largest absolute Gasteiger partial charge is 0.361 e. The smallest absolute Gasteiger partial charge is 0.255 e. The Kier molecular flexibility index (Phi) is 6.07. The fourth-order valence-corrected chi connectivity index (χ4v) is 5.55. The van der Waals surface area contributed by atoms with E-state index in [2.05, 4.69) is 10.1 Å². The normalized spacial score (nSPS) is 18.7. The Hall–Kier alpha value is -1.79. The quantitative estimate of drug-likeness (QED) is 0.702. The first-order chi connectivity index (χ1) is 13.6. The minimum atomic E-state index is 0.160. The van der Waals surface area contributed by atoms with Crippen LogP contribution in [0.2, 0.25) is 0 Å². The molecule has 4 rings (SSSR count). The van der Waals surface area contributed by atoms with Crippen LogP contribution < -0.4 is 0 Å². The van der Waals surface area contributed by atoms with Crippen LogP contribution in [-0.2, 0) is 5.75 Å². The van der Waals surface area contributed by atoms with Crippen LogP contribution in [0, 0.1) is 13.8 Å². The van der Waals surface area contributed by atoms with Crippen molar-refractivity contribution in [3.8, 4) is 0 Å². The first-order valence-corrected chi connectivity index (χ1v) is 11.3. The fourth-order valence-electron chi connectivity index (χ4n) is 4.36. The van der Waals surface area contributed by atoms with E-state index in [9.17, 15) is 4.79 Å². The molecule has 28 heavy (non-hydrogen) atoms. The zero-order valence-electron chi connectivity index (χ0n) is 16.8. The van der Waals surface area contributed by atoms with Gasteiger partial charge in [0, 0.05) is 48.4 Å². The summed E-state index contributed by atoms with van der Waals surface area (Å²) in [6.45, 7) is 7.58. The molecular formula is C22H29N3O2S. The van der Waals surface area contributed by atoms with Crippen molar-refractivity contribution in [2.24, 2.45) is 0 Å². The topological polar surface area (TPSA) is 49.6 Å². The van der Waals surface area contributed by atoms with E-state index in [4.69, 9.17) is 4.52 Å². The predicted molar refractivity (Wildman–Crippen MR) is 112 cm³/mol. The van der Waals surface area contributed by atoms with Crippen molar-refractivity contribution in [3.63, 3.8) is 0 Å². The molecule has 1 amide bonds. The van der Waals surface area contributed by atoms with Crippen molar-refractivity contribution in [3.05, 3.63) is 46.8 Å². The summed E-state index contributed by atoms with van der Waals surface area (Å²) < 4.78 is 5.27. The van der Waals surface area contributed by atoms with Crippen LogP contribution in [-0.4, -0.2) is 53.1 Å². The number of nitrogens with zero attached hydrogens (tertiary/aromatic N) is 3. The van der Waals surface area contributed by atoms with Crippen LogP contribution in [0.5, 0.6) is 0 Å². The molecule has 2 aliphatic rings. The molecule has 0 radical (unpaired) electrons. The van der Waals surface area contributed by atoms with Gasteiger partial charge in [0.05, 0.1) is 11.3 Å². The van der Waals surface area contributed by atoms with Gasteiger partial charge in [0.15, 0.2) is 0 Å². The van der Waals surface area contributed by atoms with E-state index >= 15 is 0 Å². The zero-order chi connectivity index (χ0) is 19.5. The van der Waals surface area contributed by atoms with Crippen LogP contribution in [0.25, 0.3) is 0 Å². The van der Waals surface area contributed by atoms with Crippen LogP contribution >= 0.6 is 11.8 Å². The molecule has 0 spiro atoms. The summed E-state index contributed by atoms with van der Waals surface area (Å²) in [5.41, 5.74) is 2.86. The van der Waals surface area contributed by atoms with Gasteiger partial charge in [-0.15, -0.1) is 11.8 Å². The number of aryl methyl sites for hydroxylation is 2. The van der Waals surface area contributed by atoms with Gasteiger partial charge in [-0.2, -0.15) is 0 Å². The van der Waals surface area contributed by atoms with Crippen molar-refractivity contribution in [1.29, 1.82) is 0 Å². The van der Waals surface area contributed by atoms with E-state index in [0.29, 0.717) is 0 Å². The Labute approximate surface area is 171 Å². The first kappa shape index (κ1) is 19.5. The third-order valence-electron chi connectivity index (χ3n) is 6.11. The van der Waals surface area contributed by atoms with E-state index in [1.165, 1.54) is 25.7 Å². The Morgan fingerprint density at radius 3 is 2.54 bits per heavy atom. The van der Waals surface area contributed by atoms with Crippen LogP contribution in [0.4, 0.5) is 0 Å². The van der Waals surface area contributed by atoms with E-state index in [1.54, 1.807) is 11.8 Å². The molecule has 0 N–H and O–H groups in total. The molecule has 6 heteroatoms. The Balaban J connectivity index is 1.41. The highest BCUT2D eigenvalue weighted by atomic mass is 32.2. The van der Waals surface area contributed by atoms with E-state index in [-0.39, 0.29) is 5.91 Å². The Bertz CT molecular complexity index is 801. The SMILES string of the molecule is Cc1noc(C)c1CSc1ccccc1C(=O)N1CCN(C2CCCC2)CC1. The zero-order valence-corrected chi connectivity index (χ0v) is 17.6. The van der Waals surface area contributed by atoms with Crippen molar-refractivity contribution >= 4 is 17.7 Å². The second-order valence-electron chi connectivity index (χ2n) is 7.85. The summed E-state index contributed by atoms with van der Waals surface area (Å²) in [6, 6.07) is 8.72. The molecule has 150 valence electrons. The number of piperazine rings is 1. The molecule has 5 nitrogen and oxygen atoms in total. The molecule has 2 fully saturated rings. The van der Waals surface area contributed by atoms with Gasteiger partial charge in [-0.25, -0.2) is 0 Å². The summed E-state index contributed by atoms with van der Waals surface area (Å²) in [6.07, 6.45) is 5.38. The predicted octanol–water partition coefficient (Wildman–Crippen LogP) is 4.28. The molecule has 0 atom stereocenters. The number of carbonyl (C=O) groups excluding carboxylic acids is 1. The van der Waals surface area contributed by atoms with Gasteiger partial charge in [0.25, 0.3) is 5.91 Å². The van der Waals surface area contributed by atoms with Gasteiger partial charge in [0.1, 0.15) is 5.76 Å². The van der Waals surface area contributed by atoms with Crippen LogP contribution in [0.3, 0.4) is 0 Å². The van der Waals surface area contributed by atoms with Gasteiger partial charge >= 0.3 is 0 Å². The fraction of sp³-hybridized carbons (Fsp3) is 0.545. The number of amides is 1. The highest BCUT2D eigenvalue weighted by Gasteiger charge is 2.29. The Morgan fingerprint density at radius 1 is 1.14 bits per heavy atom. The molecular weight excluding hydrogens is 370 g/mol. The van der Waals surface area contributed by atoms with Gasteiger partial charge < -0.3 is 9.42 Å². The lowest BCUT2D eigenvalue weighted by Crippen LogP contribution is -2.51. The molecule has 1 aromatic carbocycles. The summed E-state index contributed by atoms with van der Waals surface area (Å²) in [5, 5.41) is 4.03. The van der Waals surface area contributed by atoms with Gasteiger partial charge in [-0.1, -0.05) is 30.1 Å². The van der Waals surface area contributed by atoms with E-state index in [0.717, 1.165) is 65.5 Å². The summed E-state index contributed by atoms with van der Waals surface area (Å²) >= 11 is 1.69. The van der Waals surface area contributed by atoms with Crippen LogP contribution in [0.15, 0.2) is 33.7 Å². The minimum absolute atomic E-state index is 0.160. The molecule has 2 heterocycles. The lowest BCUT2D eigenvalue weighted by molar-refractivity contribution is 0.0570. The van der Waals surface area contributed by atoms with Crippen molar-refractivity contribution < 1.29 is 9.32 Å². The molecule has 1 aromatic heterocycles. The number of hydrogen-bond acceptors (Lipinski definition) is 5. The van der Waals surface area contributed by atoms with E-state index in [1.807, 2.05) is 43.0 Å². The molecule has 1 saturated carbocycles. The van der Waals surface area contributed by atoms with E-state index < -0.39 is 0 Å². The maximum atomic E-state index is 13.2.